The van der Waals surface area contributed by atoms with Gasteiger partial charge in [0, 0.05) is 0 Å². The third kappa shape index (κ3) is 22.0. The molecule has 0 bridgehead atoms. The molecule has 5 aliphatic carbocycles. The van der Waals surface area contributed by atoms with Crippen LogP contribution in [-0.4, -0.2) is 0 Å². The van der Waals surface area contributed by atoms with Gasteiger partial charge < -0.3 is 0 Å². The Balaban J connectivity index is 0.000000264. The predicted octanol–water partition coefficient (Wildman–Crippen LogP) is 9.61. The fraction of sp³-hybridized carbons (Fsp3) is 1.00. The highest BCUT2D eigenvalue weighted by molar-refractivity contribution is 4.52. The highest BCUT2D eigenvalue weighted by atomic mass is 14.0. The van der Waals surface area contributed by atoms with Crippen molar-refractivity contribution in [1.82, 2.24) is 0 Å². The van der Waals surface area contributed by atoms with E-state index >= 15 is 0 Å². The molecule has 0 aromatic heterocycles. The minimum atomic E-state index is 1.32. The van der Waals surface area contributed by atoms with Crippen molar-refractivity contribution in [2.24, 2.45) is 0 Å². The second-order valence-corrected chi connectivity index (χ2v) is 8.07. The van der Waals surface area contributed by atoms with Gasteiger partial charge >= 0.3 is 0 Å². The van der Waals surface area contributed by atoms with Gasteiger partial charge in [0.2, 0.25) is 0 Å². The van der Waals surface area contributed by atoms with Crippen molar-refractivity contribution in [3.8, 4) is 0 Å². The van der Waals surface area contributed by atoms with E-state index in [9.17, 15) is 0 Å². The summed E-state index contributed by atoms with van der Waals surface area (Å²) in [7, 11) is 0. The Hall–Kier alpha value is 0. The molecule has 0 amide bonds. The molecule has 5 rings (SSSR count). The van der Waals surface area contributed by atoms with Crippen molar-refractivity contribution in [3.05, 3.63) is 0 Å². The molecule has 0 spiro atoms. The first-order valence-electron chi connectivity index (χ1n) is 11.9. The first kappa shape index (κ1) is 24.0. The van der Waals surface area contributed by atoms with Crippen LogP contribution >= 0.6 is 0 Å². The van der Waals surface area contributed by atoms with Crippen LogP contribution < -0.4 is 0 Å². The van der Waals surface area contributed by atoms with E-state index in [0.717, 1.165) is 0 Å². The highest BCUT2D eigenvalue weighted by Crippen LogP contribution is 2.16. The van der Waals surface area contributed by atoms with Gasteiger partial charge in [-0.05, 0) is 0 Å². The third-order valence-corrected chi connectivity index (χ3v) is 5.50. The van der Waals surface area contributed by atoms with Crippen LogP contribution in [0.25, 0.3) is 0 Å². The van der Waals surface area contributed by atoms with Crippen LogP contribution in [0.2, 0.25) is 0 Å². The lowest BCUT2D eigenvalue weighted by Gasteiger charge is -2.05. The van der Waals surface area contributed by atoms with Crippen LogP contribution in [0.5, 0.6) is 0 Å². The lowest BCUT2D eigenvalue weighted by Crippen LogP contribution is -1.85. The van der Waals surface area contributed by atoms with Crippen LogP contribution in [0.1, 0.15) is 155 Å². The summed E-state index contributed by atoms with van der Waals surface area (Å²) >= 11 is 0. The molecule has 0 aromatic carbocycles. The maximum absolute atomic E-state index is 2.18. The van der Waals surface area contributed by atoms with Crippen molar-refractivity contribution in [2.45, 2.75) is 155 Å². The summed E-state index contributed by atoms with van der Waals surface area (Å²) < 4.78 is 0. The molecule has 0 unspecified atom stereocenters. The molecule has 0 atom stereocenters. The Morgan fingerprint density at radius 2 is 0.333 bits per heavy atom. The maximum atomic E-state index is 2.18. The topological polar surface area (TPSA) is 0 Å². The van der Waals surface area contributed by atoms with Gasteiger partial charge in [0.05, 0.1) is 0 Å². The first-order valence-corrected chi connectivity index (χ1v) is 11.9. The minimum absolute atomic E-state index is 1.32. The van der Waals surface area contributed by atoms with Gasteiger partial charge in [0.25, 0.3) is 0 Å². The molecule has 0 aliphatic heterocycles. The molecule has 0 nitrogen and oxygen atoms in total. The van der Waals surface area contributed by atoms with Crippen LogP contribution in [0.4, 0.5) is 0 Å². The monoisotopic (exact) mass is 338 g/mol. The minimum Gasteiger partial charge on any atom is -0.0654 e. The fourth-order valence-corrected chi connectivity index (χ4v) is 1.25. The van der Waals surface area contributed by atoms with Crippen LogP contribution in [0.15, 0.2) is 0 Å². The lowest BCUT2D eigenvalue weighted by atomic mass is 10.0. The summed E-state index contributed by atoms with van der Waals surface area (Å²) in [5.41, 5.74) is 0. The molecule has 0 saturated heterocycles. The van der Waals surface area contributed by atoms with Gasteiger partial charge in [0.15, 0.2) is 0 Å². The SMILES string of the molecule is C1CCC1.C1CCC1.C1CCC1.C1CCC1.C1CCC1.CCCC. The Morgan fingerprint density at radius 3 is 0.333 bits per heavy atom. The second kappa shape index (κ2) is 23.0. The Labute approximate surface area is 155 Å². The standard InChI is InChI=1S/5C4H8.C4H10/c5*1-2-4-3-1;1-3-4-2/h5*1-4H2;3-4H2,1-2H3. The zero-order chi connectivity index (χ0) is 17.6. The smallest absolute Gasteiger partial charge is 0.0533 e. The van der Waals surface area contributed by atoms with Crippen LogP contribution in [-0.2, 0) is 0 Å². The summed E-state index contributed by atoms with van der Waals surface area (Å²) in [6.07, 6.45) is 32.6. The van der Waals surface area contributed by atoms with Gasteiger partial charge in [-0.25, -0.2) is 0 Å². The second-order valence-electron chi connectivity index (χ2n) is 8.07. The van der Waals surface area contributed by atoms with E-state index in [1.54, 1.807) is 0 Å². The summed E-state index contributed by atoms with van der Waals surface area (Å²) in [5.74, 6) is 0. The summed E-state index contributed by atoms with van der Waals surface area (Å²) in [6, 6.07) is 0. The van der Waals surface area contributed by atoms with Gasteiger partial charge in [-0.3, -0.25) is 0 Å². The van der Waals surface area contributed by atoms with E-state index in [2.05, 4.69) is 13.8 Å². The van der Waals surface area contributed by atoms with E-state index in [1.807, 2.05) is 0 Å². The molecule has 0 radical (unpaired) electrons. The van der Waals surface area contributed by atoms with E-state index in [1.165, 1.54) is 141 Å². The molecule has 5 aliphatic rings. The van der Waals surface area contributed by atoms with E-state index in [-0.39, 0.29) is 0 Å². The normalized spacial score (nSPS) is 21.2. The fourth-order valence-electron chi connectivity index (χ4n) is 1.25. The Bertz CT molecular complexity index is 108. The molecule has 0 heterocycles. The molecule has 146 valence electrons. The van der Waals surface area contributed by atoms with Gasteiger partial charge in [-0.2, -0.15) is 0 Å². The largest absolute Gasteiger partial charge is 0.0654 e. The highest BCUT2D eigenvalue weighted by Gasteiger charge is 1.96. The average molecular weight is 339 g/mol. The summed E-state index contributed by atoms with van der Waals surface area (Å²) in [4.78, 5) is 0. The van der Waals surface area contributed by atoms with E-state index in [0.29, 0.717) is 0 Å². The molecular weight excluding hydrogens is 288 g/mol. The van der Waals surface area contributed by atoms with Crippen LogP contribution in [0.3, 0.4) is 0 Å². The number of hydrogen-bond acceptors (Lipinski definition) is 0. The number of hydrogen-bond donors (Lipinski definition) is 0. The molecule has 5 fully saturated rings. The first-order chi connectivity index (χ1) is 11.9. The molecule has 0 aromatic rings. The van der Waals surface area contributed by atoms with Crippen molar-refractivity contribution in [3.63, 3.8) is 0 Å². The van der Waals surface area contributed by atoms with Gasteiger partial charge in [-0.15, -0.1) is 0 Å². The van der Waals surface area contributed by atoms with Crippen LogP contribution in [0, 0.1) is 0 Å². The van der Waals surface area contributed by atoms with Gasteiger partial charge in [0.1, 0.15) is 0 Å². The number of rotatable bonds is 1. The zero-order valence-electron chi connectivity index (χ0n) is 17.6. The maximum Gasteiger partial charge on any atom is -0.0533 e. The van der Waals surface area contributed by atoms with E-state index < -0.39 is 0 Å². The number of unbranched alkanes of at least 4 members (excludes halogenated alkanes) is 1. The van der Waals surface area contributed by atoms with Crippen molar-refractivity contribution in [2.75, 3.05) is 0 Å². The molecule has 5 saturated carbocycles. The molecule has 0 N–H and O–H groups in total. The molecule has 0 heteroatoms. The summed E-state index contributed by atoms with van der Waals surface area (Å²) in [6.45, 7) is 4.36. The molecular formula is C24H50. The van der Waals surface area contributed by atoms with Crippen molar-refractivity contribution in [1.29, 1.82) is 0 Å². The van der Waals surface area contributed by atoms with Gasteiger partial charge in [-0.1, -0.05) is 155 Å². The molecule has 24 heavy (non-hydrogen) atoms. The van der Waals surface area contributed by atoms with Crippen molar-refractivity contribution < 1.29 is 0 Å². The third-order valence-electron chi connectivity index (χ3n) is 5.50. The average Bonchev–Trinajstić information content (AvgIpc) is 2.16. The summed E-state index contributed by atoms with van der Waals surface area (Å²) in [5, 5.41) is 0. The zero-order valence-corrected chi connectivity index (χ0v) is 17.6. The van der Waals surface area contributed by atoms with E-state index in [4.69, 9.17) is 0 Å². The van der Waals surface area contributed by atoms with Crippen molar-refractivity contribution >= 4 is 0 Å². The Kier molecular flexibility index (Phi) is 23.0. The quantitative estimate of drug-likeness (QED) is 0.446. The predicted molar refractivity (Wildman–Crippen MR) is 113 cm³/mol. The Morgan fingerprint density at radius 1 is 0.250 bits per heavy atom. The lowest BCUT2D eigenvalue weighted by molar-refractivity contribution is 0.504.